The van der Waals surface area contributed by atoms with E-state index in [1.54, 1.807) is 29.5 Å². The fourth-order valence-corrected chi connectivity index (χ4v) is 4.78. The van der Waals surface area contributed by atoms with E-state index in [9.17, 15) is 14.3 Å². The first-order chi connectivity index (χ1) is 15.5. The standard InChI is InChI=1S/C24H31FN2O4S/c1-3-11-26(14-19(28)16-30-4-2)15-24(29)27-12-9-23-21(10-13-32-23)22(27)17-31-20-7-5-18(25)6-8-20/h3,5-8,10,13,19,22,28H,1,4,9,11-12,14-17H2,2H3/t19-,22+/m1/s1. The highest BCUT2D eigenvalue weighted by Crippen LogP contribution is 2.34. The lowest BCUT2D eigenvalue weighted by Crippen LogP contribution is -2.48. The number of benzene rings is 1. The number of rotatable bonds is 12. The number of hydrogen-bond donors (Lipinski definition) is 1. The van der Waals surface area contributed by atoms with Gasteiger partial charge in [-0.1, -0.05) is 6.08 Å². The first-order valence-corrected chi connectivity index (χ1v) is 11.7. The summed E-state index contributed by atoms with van der Waals surface area (Å²) in [5.41, 5.74) is 1.10. The molecule has 1 aliphatic rings. The van der Waals surface area contributed by atoms with E-state index in [1.165, 1.54) is 17.0 Å². The fourth-order valence-electron chi connectivity index (χ4n) is 3.85. The van der Waals surface area contributed by atoms with Gasteiger partial charge in [0, 0.05) is 31.1 Å². The van der Waals surface area contributed by atoms with Gasteiger partial charge in [-0.05, 0) is 54.6 Å². The molecular formula is C24H31FN2O4S. The smallest absolute Gasteiger partial charge is 0.237 e. The van der Waals surface area contributed by atoms with Crippen LogP contribution >= 0.6 is 11.3 Å². The normalized spacial score (nSPS) is 16.6. The number of carbonyl (C=O) groups is 1. The van der Waals surface area contributed by atoms with Crippen molar-refractivity contribution in [2.45, 2.75) is 25.5 Å². The Morgan fingerprint density at radius 2 is 2.19 bits per heavy atom. The summed E-state index contributed by atoms with van der Waals surface area (Å²) < 4.78 is 24.4. The largest absolute Gasteiger partial charge is 0.491 e. The highest BCUT2D eigenvalue weighted by Gasteiger charge is 2.33. The molecule has 1 aliphatic heterocycles. The lowest BCUT2D eigenvalue weighted by Gasteiger charge is -2.37. The van der Waals surface area contributed by atoms with Crippen molar-refractivity contribution < 1.29 is 23.8 Å². The van der Waals surface area contributed by atoms with Gasteiger partial charge in [-0.2, -0.15) is 0 Å². The second-order valence-electron chi connectivity index (χ2n) is 7.71. The Morgan fingerprint density at radius 1 is 1.41 bits per heavy atom. The molecule has 8 heteroatoms. The summed E-state index contributed by atoms with van der Waals surface area (Å²) >= 11 is 1.69. The molecule has 1 N–H and O–H groups in total. The first-order valence-electron chi connectivity index (χ1n) is 10.8. The number of aliphatic hydroxyl groups is 1. The third kappa shape index (κ3) is 6.62. The maximum absolute atomic E-state index is 13.3. The molecule has 1 amide bonds. The highest BCUT2D eigenvalue weighted by atomic mass is 32.1. The zero-order valence-corrected chi connectivity index (χ0v) is 19.2. The van der Waals surface area contributed by atoms with Gasteiger partial charge in [-0.3, -0.25) is 9.69 Å². The Labute approximate surface area is 192 Å². The van der Waals surface area contributed by atoms with Crippen LogP contribution < -0.4 is 4.74 Å². The van der Waals surface area contributed by atoms with Crippen molar-refractivity contribution in [3.05, 3.63) is 64.6 Å². The molecule has 0 fully saturated rings. The van der Waals surface area contributed by atoms with Gasteiger partial charge in [0.25, 0.3) is 0 Å². The molecule has 0 aliphatic carbocycles. The molecule has 2 heterocycles. The molecular weight excluding hydrogens is 431 g/mol. The zero-order valence-electron chi connectivity index (χ0n) is 18.4. The predicted molar refractivity (Wildman–Crippen MR) is 124 cm³/mol. The number of nitrogens with zero attached hydrogens (tertiary/aromatic N) is 2. The Kier molecular flexibility index (Phi) is 9.23. The number of hydrogen-bond acceptors (Lipinski definition) is 6. The summed E-state index contributed by atoms with van der Waals surface area (Å²) in [5.74, 6) is 0.217. The molecule has 0 radical (unpaired) electrons. The van der Waals surface area contributed by atoms with Crippen molar-refractivity contribution in [2.24, 2.45) is 0 Å². The third-order valence-electron chi connectivity index (χ3n) is 5.37. The van der Waals surface area contributed by atoms with E-state index in [0.29, 0.717) is 32.0 Å². The van der Waals surface area contributed by atoms with Gasteiger partial charge >= 0.3 is 0 Å². The average molecular weight is 463 g/mol. The number of ether oxygens (including phenoxy) is 2. The topological polar surface area (TPSA) is 62.2 Å². The van der Waals surface area contributed by atoms with Crippen LogP contribution in [0.5, 0.6) is 5.75 Å². The van der Waals surface area contributed by atoms with Gasteiger partial charge in [0.2, 0.25) is 5.91 Å². The van der Waals surface area contributed by atoms with Gasteiger partial charge in [0.15, 0.2) is 0 Å². The lowest BCUT2D eigenvalue weighted by molar-refractivity contribution is -0.136. The Bertz CT molecular complexity index is 873. The summed E-state index contributed by atoms with van der Waals surface area (Å²) in [6, 6.07) is 7.72. The minimum absolute atomic E-state index is 0.0278. The average Bonchev–Trinajstić information content (AvgIpc) is 3.26. The van der Waals surface area contributed by atoms with E-state index >= 15 is 0 Å². The van der Waals surface area contributed by atoms with E-state index < -0.39 is 6.10 Å². The molecule has 0 spiro atoms. The van der Waals surface area contributed by atoms with Crippen molar-refractivity contribution in [3.63, 3.8) is 0 Å². The second-order valence-corrected chi connectivity index (χ2v) is 8.71. The van der Waals surface area contributed by atoms with Crippen molar-refractivity contribution in [1.82, 2.24) is 9.80 Å². The van der Waals surface area contributed by atoms with Crippen LogP contribution in [0.1, 0.15) is 23.4 Å². The van der Waals surface area contributed by atoms with Crippen LogP contribution in [0.3, 0.4) is 0 Å². The van der Waals surface area contributed by atoms with Crippen LogP contribution in [0.25, 0.3) is 0 Å². The summed E-state index contributed by atoms with van der Waals surface area (Å²) in [7, 11) is 0. The summed E-state index contributed by atoms with van der Waals surface area (Å²) in [4.78, 5) is 18.3. The number of thiophene rings is 1. The summed E-state index contributed by atoms with van der Waals surface area (Å²) in [6.45, 7) is 8.28. The lowest BCUT2D eigenvalue weighted by atomic mass is 10.0. The Balaban J connectivity index is 1.69. The van der Waals surface area contributed by atoms with Crippen molar-refractivity contribution >= 4 is 17.2 Å². The molecule has 1 aromatic carbocycles. The van der Waals surface area contributed by atoms with Crippen molar-refractivity contribution in [1.29, 1.82) is 0 Å². The van der Waals surface area contributed by atoms with E-state index in [4.69, 9.17) is 9.47 Å². The maximum Gasteiger partial charge on any atom is 0.237 e. The first kappa shape index (κ1) is 24.4. The Morgan fingerprint density at radius 3 is 2.91 bits per heavy atom. The number of amides is 1. The Hall–Kier alpha value is -2.26. The summed E-state index contributed by atoms with van der Waals surface area (Å²) in [5, 5.41) is 12.3. The van der Waals surface area contributed by atoms with E-state index in [0.717, 1.165) is 12.0 Å². The monoisotopic (exact) mass is 462 g/mol. The number of aliphatic hydroxyl groups excluding tert-OH is 1. The molecule has 174 valence electrons. The molecule has 32 heavy (non-hydrogen) atoms. The molecule has 0 saturated heterocycles. The number of fused-ring (bicyclic) bond motifs is 1. The minimum Gasteiger partial charge on any atom is -0.491 e. The van der Waals surface area contributed by atoms with Gasteiger partial charge in [0.05, 0.1) is 25.3 Å². The molecule has 0 unspecified atom stereocenters. The number of carbonyl (C=O) groups excluding carboxylic acids is 1. The molecule has 2 atom stereocenters. The molecule has 6 nitrogen and oxygen atoms in total. The van der Waals surface area contributed by atoms with Gasteiger partial charge < -0.3 is 19.5 Å². The SMILES string of the molecule is C=CCN(CC(=O)N1CCc2sccc2[C@@H]1COc1ccc(F)cc1)C[C@@H](O)COCC. The predicted octanol–water partition coefficient (Wildman–Crippen LogP) is 3.28. The van der Waals surface area contributed by atoms with Crippen LogP contribution in [0.4, 0.5) is 4.39 Å². The van der Waals surface area contributed by atoms with E-state index in [2.05, 4.69) is 6.58 Å². The molecule has 1 aromatic heterocycles. The van der Waals surface area contributed by atoms with Gasteiger partial charge in [-0.15, -0.1) is 17.9 Å². The molecule has 2 aromatic rings. The minimum atomic E-state index is -0.676. The van der Waals surface area contributed by atoms with E-state index in [-0.39, 0.29) is 37.5 Å². The second kappa shape index (κ2) is 12.1. The van der Waals surface area contributed by atoms with Gasteiger partial charge in [0.1, 0.15) is 18.2 Å². The quantitative estimate of drug-likeness (QED) is 0.491. The highest BCUT2D eigenvalue weighted by molar-refractivity contribution is 7.10. The maximum atomic E-state index is 13.3. The van der Waals surface area contributed by atoms with Crippen molar-refractivity contribution in [2.75, 3.05) is 46.0 Å². The van der Waals surface area contributed by atoms with Crippen LogP contribution in [0.15, 0.2) is 48.4 Å². The summed E-state index contributed by atoms with van der Waals surface area (Å²) in [6.07, 6.45) is 1.86. The molecule has 3 rings (SSSR count). The van der Waals surface area contributed by atoms with Crippen LogP contribution in [0, 0.1) is 5.82 Å². The van der Waals surface area contributed by atoms with Crippen LogP contribution in [0.2, 0.25) is 0 Å². The van der Waals surface area contributed by atoms with Crippen LogP contribution in [-0.2, 0) is 16.0 Å². The van der Waals surface area contributed by atoms with Crippen molar-refractivity contribution in [3.8, 4) is 5.75 Å². The zero-order chi connectivity index (χ0) is 22.9. The molecule has 0 saturated carbocycles. The molecule has 0 bridgehead atoms. The van der Waals surface area contributed by atoms with Crippen LogP contribution in [-0.4, -0.2) is 72.9 Å². The van der Waals surface area contributed by atoms with E-state index in [1.807, 2.05) is 28.2 Å². The van der Waals surface area contributed by atoms with Gasteiger partial charge in [-0.25, -0.2) is 4.39 Å². The third-order valence-corrected chi connectivity index (χ3v) is 6.36. The fraction of sp³-hybridized carbons (Fsp3) is 0.458. The number of halogens is 1.